The van der Waals surface area contributed by atoms with Gasteiger partial charge in [-0.05, 0) is 0 Å². The summed E-state index contributed by atoms with van der Waals surface area (Å²) in [6.07, 6.45) is 4.42. The monoisotopic (exact) mass is 177 g/mol. The Morgan fingerprint density at radius 1 is 1.46 bits per heavy atom. The molecule has 0 atom stereocenters. The summed E-state index contributed by atoms with van der Waals surface area (Å²) in [6.45, 7) is 0. The smallest absolute Gasteiger partial charge is 0.260 e. The van der Waals surface area contributed by atoms with Crippen LogP contribution in [0.1, 0.15) is 0 Å². The fourth-order valence-electron chi connectivity index (χ4n) is 1.10. The fourth-order valence-corrected chi connectivity index (χ4v) is 1.10. The van der Waals surface area contributed by atoms with E-state index >= 15 is 0 Å². The lowest BCUT2D eigenvalue weighted by Crippen LogP contribution is -2.15. The van der Waals surface area contributed by atoms with Gasteiger partial charge in [0.25, 0.3) is 5.56 Å². The average Bonchev–Trinajstić information content (AvgIpc) is 2.17. The molecule has 13 heavy (non-hydrogen) atoms. The summed E-state index contributed by atoms with van der Waals surface area (Å²) in [4.78, 5) is 19.2. The van der Waals surface area contributed by atoms with Crippen LogP contribution in [0, 0.1) is 0 Å². The van der Waals surface area contributed by atoms with Crippen LogP contribution in [0.5, 0.6) is 5.88 Å². The molecule has 0 radical (unpaired) electrons. The van der Waals surface area contributed by atoms with Crippen LogP contribution in [0.4, 0.5) is 0 Å². The van der Waals surface area contributed by atoms with Gasteiger partial charge < -0.3 is 4.74 Å². The molecule has 0 aliphatic rings. The average molecular weight is 177 g/mol. The Hall–Kier alpha value is -1.91. The minimum absolute atomic E-state index is 0.177. The van der Waals surface area contributed by atoms with Crippen LogP contribution in [-0.4, -0.2) is 21.5 Å². The van der Waals surface area contributed by atoms with Crippen molar-refractivity contribution in [2.45, 2.75) is 0 Å². The molecule has 0 N–H and O–H groups in total. The van der Waals surface area contributed by atoms with E-state index in [1.165, 1.54) is 36.2 Å². The summed E-state index contributed by atoms with van der Waals surface area (Å²) in [6, 6.07) is 1.37. The molecule has 0 saturated heterocycles. The SMILES string of the molecule is COc1cncc2nccc(=O)n12. The van der Waals surface area contributed by atoms with Crippen molar-refractivity contribution in [3.63, 3.8) is 0 Å². The number of fused-ring (bicyclic) bond motifs is 1. The highest BCUT2D eigenvalue weighted by Gasteiger charge is 2.01. The summed E-state index contributed by atoms with van der Waals surface area (Å²) in [7, 11) is 1.48. The molecule has 0 spiro atoms. The minimum Gasteiger partial charge on any atom is -0.481 e. The molecule has 0 aromatic carbocycles. The number of hydrogen-bond acceptors (Lipinski definition) is 4. The second kappa shape index (κ2) is 2.85. The maximum absolute atomic E-state index is 11.4. The first-order valence-electron chi connectivity index (χ1n) is 3.68. The highest BCUT2D eigenvalue weighted by Crippen LogP contribution is 2.06. The van der Waals surface area contributed by atoms with Crippen LogP contribution in [-0.2, 0) is 0 Å². The Morgan fingerprint density at radius 2 is 2.31 bits per heavy atom. The van der Waals surface area contributed by atoms with Crippen molar-refractivity contribution in [3.05, 3.63) is 35.0 Å². The predicted molar refractivity (Wildman–Crippen MR) is 45.8 cm³/mol. The van der Waals surface area contributed by atoms with Crippen molar-refractivity contribution in [3.8, 4) is 5.88 Å². The molecule has 66 valence electrons. The van der Waals surface area contributed by atoms with Gasteiger partial charge in [-0.2, -0.15) is 0 Å². The zero-order chi connectivity index (χ0) is 9.26. The van der Waals surface area contributed by atoms with Gasteiger partial charge in [0.2, 0.25) is 5.88 Å². The molecule has 0 aliphatic carbocycles. The van der Waals surface area contributed by atoms with Gasteiger partial charge in [-0.1, -0.05) is 0 Å². The van der Waals surface area contributed by atoms with Crippen LogP contribution in [0.15, 0.2) is 29.5 Å². The van der Waals surface area contributed by atoms with E-state index in [2.05, 4.69) is 9.97 Å². The number of methoxy groups -OCH3 is 1. The van der Waals surface area contributed by atoms with Gasteiger partial charge in [-0.25, -0.2) is 9.38 Å². The van der Waals surface area contributed by atoms with Crippen molar-refractivity contribution >= 4 is 5.65 Å². The molecule has 2 heterocycles. The summed E-state index contributed by atoms with van der Waals surface area (Å²) in [5.41, 5.74) is 0.302. The lowest BCUT2D eigenvalue weighted by molar-refractivity contribution is 0.388. The van der Waals surface area contributed by atoms with Gasteiger partial charge in [-0.3, -0.25) is 9.78 Å². The summed E-state index contributed by atoms with van der Waals surface area (Å²) >= 11 is 0. The van der Waals surface area contributed by atoms with Crippen LogP contribution in [0.3, 0.4) is 0 Å². The molecule has 2 aromatic heterocycles. The third kappa shape index (κ3) is 1.14. The van der Waals surface area contributed by atoms with Crippen molar-refractivity contribution in [2.24, 2.45) is 0 Å². The number of hydrogen-bond donors (Lipinski definition) is 0. The van der Waals surface area contributed by atoms with Crippen molar-refractivity contribution < 1.29 is 4.74 Å². The van der Waals surface area contributed by atoms with Gasteiger partial charge >= 0.3 is 0 Å². The molecule has 0 bridgehead atoms. The Bertz CT molecular complexity index is 487. The summed E-state index contributed by atoms with van der Waals surface area (Å²) < 4.78 is 6.32. The standard InChI is InChI=1S/C8H7N3O2/c1-13-8-5-9-4-6-10-3-2-7(12)11(6)8/h2-5H,1H3. The van der Waals surface area contributed by atoms with E-state index in [1.54, 1.807) is 0 Å². The van der Waals surface area contributed by atoms with Gasteiger partial charge in [0.1, 0.15) is 0 Å². The molecule has 2 rings (SSSR count). The number of rotatable bonds is 1. The van der Waals surface area contributed by atoms with E-state index < -0.39 is 0 Å². The van der Waals surface area contributed by atoms with E-state index in [1.807, 2.05) is 0 Å². The molecular formula is C8H7N3O2. The second-order valence-electron chi connectivity index (χ2n) is 2.43. The molecule has 2 aromatic rings. The molecule has 0 unspecified atom stereocenters. The molecule has 0 fully saturated rings. The Labute approximate surface area is 73.6 Å². The van der Waals surface area contributed by atoms with Crippen molar-refractivity contribution in [2.75, 3.05) is 7.11 Å². The first-order valence-corrected chi connectivity index (χ1v) is 3.68. The van der Waals surface area contributed by atoms with E-state index in [0.717, 1.165) is 0 Å². The van der Waals surface area contributed by atoms with E-state index in [4.69, 9.17) is 4.74 Å². The highest BCUT2D eigenvalue weighted by atomic mass is 16.5. The van der Waals surface area contributed by atoms with Crippen LogP contribution < -0.4 is 10.3 Å². The Balaban J connectivity index is 2.95. The van der Waals surface area contributed by atoms with Gasteiger partial charge in [-0.15, -0.1) is 0 Å². The Morgan fingerprint density at radius 3 is 3.08 bits per heavy atom. The van der Waals surface area contributed by atoms with Gasteiger partial charge in [0, 0.05) is 12.3 Å². The van der Waals surface area contributed by atoms with Gasteiger partial charge in [0.15, 0.2) is 5.65 Å². The van der Waals surface area contributed by atoms with Crippen molar-refractivity contribution in [1.82, 2.24) is 14.4 Å². The second-order valence-corrected chi connectivity index (χ2v) is 2.43. The summed E-state index contributed by atoms with van der Waals surface area (Å²) in [5, 5.41) is 0. The minimum atomic E-state index is -0.177. The largest absolute Gasteiger partial charge is 0.481 e. The molecule has 0 amide bonds. The lowest BCUT2D eigenvalue weighted by atomic mass is 10.5. The number of ether oxygens (including phenoxy) is 1. The quantitative estimate of drug-likeness (QED) is 0.619. The third-order valence-electron chi connectivity index (χ3n) is 1.68. The number of nitrogens with zero attached hydrogens (tertiary/aromatic N) is 3. The molecule has 0 aliphatic heterocycles. The number of aromatic nitrogens is 3. The van der Waals surface area contributed by atoms with Gasteiger partial charge in [0.05, 0.1) is 19.5 Å². The first-order chi connectivity index (χ1) is 6.33. The maximum Gasteiger partial charge on any atom is 0.260 e. The molecule has 5 heteroatoms. The maximum atomic E-state index is 11.4. The topological polar surface area (TPSA) is 56.5 Å². The van der Waals surface area contributed by atoms with Crippen LogP contribution in [0.2, 0.25) is 0 Å². The fraction of sp³-hybridized carbons (Fsp3) is 0.125. The van der Waals surface area contributed by atoms with E-state index in [0.29, 0.717) is 11.5 Å². The molecule has 0 saturated carbocycles. The van der Waals surface area contributed by atoms with Crippen LogP contribution in [0.25, 0.3) is 5.65 Å². The van der Waals surface area contributed by atoms with E-state index in [-0.39, 0.29) is 5.56 Å². The lowest BCUT2D eigenvalue weighted by Gasteiger charge is -2.03. The van der Waals surface area contributed by atoms with E-state index in [9.17, 15) is 4.79 Å². The zero-order valence-corrected chi connectivity index (χ0v) is 6.97. The normalized spacial score (nSPS) is 10.2. The van der Waals surface area contributed by atoms with Crippen molar-refractivity contribution in [1.29, 1.82) is 0 Å². The third-order valence-corrected chi connectivity index (χ3v) is 1.68. The Kier molecular flexibility index (Phi) is 1.70. The first kappa shape index (κ1) is 7.72. The molecule has 5 nitrogen and oxygen atoms in total. The summed E-state index contributed by atoms with van der Waals surface area (Å²) in [5.74, 6) is 0.385. The zero-order valence-electron chi connectivity index (χ0n) is 6.97. The predicted octanol–water partition coefficient (Wildman–Crippen LogP) is 0.0981. The highest BCUT2D eigenvalue weighted by molar-refractivity contribution is 5.37. The van der Waals surface area contributed by atoms with Crippen LogP contribution >= 0.6 is 0 Å². The molecular weight excluding hydrogens is 170 g/mol.